The van der Waals surface area contributed by atoms with Crippen LogP contribution >= 0.6 is 11.6 Å². The number of non-ortho nitro benzene ring substituents is 1. The van der Waals surface area contributed by atoms with Crippen molar-refractivity contribution in [1.29, 1.82) is 0 Å². The summed E-state index contributed by atoms with van der Waals surface area (Å²) in [5.41, 5.74) is 0.652. The average Bonchev–Trinajstić information content (AvgIpc) is 3.03. The topological polar surface area (TPSA) is 92.5 Å². The molecule has 1 aliphatic rings. The van der Waals surface area contributed by atoms with Crippen molar-refractivity contribution in [2.45, 2.75) is 25.7 Å². The predicted molar refractivity (Wildman–Crippen MR) is 115 cm³/mol. The van der Waals surface area contributed by atoms with Gasteiger partial charge in [0.2, 0.25) is 0 Å². The van der Waals surface area contributed by atoms with E-state index >= 15 is 0 Å². The Hall–Kier alpha value is -3.19. The largest absolute Gasteiger partial charge is 0.337 e. The van der Waals surface area contributed by atoms with E-state index in [-0.39, 0.29) is 27.9 Å². The minimum absolute atomic E-state index is 0.0577. The summed E-state index contributed by atoms with van der Waals surface area (Å²) in [4.78, 5) is 38.3. The summed E-state index contributed by atoms with van der Waals surface area (Å²) in [5.74, 6) is -0.829. The Morgan fingerprint density at radius 1 is 1.03 bits per heavy atom. The number of nitro benzene ring substituents is 1. The van der Waals surface area contributed by atoms with E-state index in [9.17, 15) is 19.7 Å². The molecule has 1 fully saturated rings. The number of benzene rings is 2. The van der Waals surface area contributed by atoms with Crippen molar-refractivity contribution in [3.05, 3.63) is 80.5 Å². The number of nitrogens with zero attached hydrogens (tertiary/aromatic N) is 2. The molecule has 3 rings (SSSR count). The number of rotatable bonds is 5. The molecule has 1 heterocycles. The van der Waals surface area contributed by atoms with Crippen LogP contribution in [0.15, 0.2) is 54.2 Å². The first kappa shape index (κ1) is 21.5. The Balaban J connectivity index is 1.94. The first-order valence-corrected chi connectivity index (χ1v) is 10.1. The summed E-state index contributed by atoms with van der Waals surface area (Å²) >= 11 is 6.12. The highest BCUT2D eigenvalue weighted by Gasteiger charge is 2.22. The van der Waals surface area contributed by atoms with Crippen LogP contribution in [0.4, 0.5) is 5.69 Å². The number of hydrogen-bond donors (Lipinski definition) is 1. The van der Waals surface area contributed by atoms with Crippen molar-refractivity contribution >= 4 is 35.2 Å². The van der Waals surface area contributed by atoms with E-state index < -0.39 is 10.8 Å². The molecule has 1 saturated heterocycles. The van der Waals surface area contributed by atoms with Gasteiger partial charge in [0.05, 0.1) is 15.5 Å². The van der Waals surface area contributed by atoms with Crippen LogP contribution in [-0.2, 0) is 4.79 Å². The highest BCUT2D eigenvalue weighted by Crippen LogP contribution is 2.19. The number of carbonyl (C=O) groups excluding carboxylic acids is 2. The summed E-state index contributed by atoms with van der Waals surface area (Å²) in [7, 11) is 0. The minimum Gasteiger partial charge on any atom is -0.337 e. The molecule has 0 aromatic heterocycles. The van der Waals surface area contributed by atoms with E-state index in [0.717, 1.165) is 25.7 Å². The van der Waals surface area contributed by atoms with E-state index in [0.29, 0.717) is 18.7 Å². The molecule has 156 valence electrons. The van der Waals surface area contributed by atoms with Crippen molar-refractivity contribution < 1.29 is 14.5 Å². The fourth-order valence-electron chi connectivity index (χ4n) is 3.33. The Morgan fingerprint density at radius 3 is 2.40 bits per heavy atom. The highest BCUT2D eigenvalue weighted by molar-refractivity contribution is 6.34. The number of likely N-dealkylation sites (tertiary alicyclic amines) is 1. The van der Waals surface area contributed by atoms with Gasteiger partial charge in [-0.05, 0) is 36.6 Å². The second-order valence-electron chi connectivity index (χ2n) is 7.05. The maximum absolute atomic E-state index is 13.2. The summed E-state index contributed by atoms with van der Waals surface area (Å²) in [6.07, 6.45) is 5.37. The zero-order chi connectivity index (χ0) is 21.5. The lowest BCUT2D eigenvalue weighted by Crippen LogP contribution is -2.39. The van der Waals surface area contributed by atoms with Gasteiger partial charge in [0.25, 0.3) is 17.5 Å². The van der Waals surface area contributed by atoms with E-state index in [1.807, 2.05) is 0 Å². The van der Waals surface area contributed by atoms with Gasteiger partial charge < -0.3 is 10.2 Å². The normalized spacial score (nSPS) is 14.7. The standard InChI is InChI=1S/C22H22ClN3O4/c23-19-11-4-3-10-18(19)21(27)24-20(22(28)25-12-5-1-2-6-13-25)15-16-8-7-9-17(14-16)26(29)30/h3-4,7-11,14-15H,1-2,5-6,12-13H2,(H,24,27)/b20-15-. The van der Waals surface area contributed by atoms with Crippen molar-refractivity contribution in [3.8, 4) is 0 Å². The van der Waals surface area contributed by atoms with Crippen molar-refractivity contribution in [3.63, 3.8) is 0 Å². The summed E-state index contributed by atoms with van der Waals surface area (Å²) in [5, 5.41) is 14.0. The van der Waals surface area contributed by atoms with Gasteiger partial charge in [0.1, 0.15) is 5.70 Å². The third-order valence-electron chi connectivity index (χ3n) is 4.88. The van der Waals surface area contributed by atoms with Crippen LogP contribution in [0.2, 0.25) is 5.02 Å². The van der Waals surface area contributed by atoms with Crippen LogP contribution in [0, 0.1) is 10.1 Å². The number of carbonyl (C=O) groups is 2. The molecule has 0 atom stereocenters. The lowest BCUT2D eigenvalue weighted by Gasteiger charge is -2.22. The van der Waals surface area contributed by atoms with E-state index in [4.69, 9.17) is 11.6 Å². The van der Waals surface area contributed by atoms with Crippen LogP contribution in [0.1, 0.15) is 41.6 Å². The fraction of sp³-hybridized carbons (Fsp3) is 0.273. The number of hydrogen-bond acceptors (Lipinski definition) is 4. The molecule has 8 heteroatoms. The van der Waals surface area contributed by atoms with E-state index in [2.05, 4.69) is 5.32 Å². The molecule has 0 unspecified atom stereocenters. The van der Waals surface area contributed by atoms with Gasteiger partial charge >= 0.3 is 0 Å². The number of nitrogens with one attached hydrogen (secondary N) is 1. The molecular formula is C22H22ClN3O4. The number of halogens is 1. The van der Waals surface area contributed by atoms with Crippen LogP contribution < -0.4 is 5.32 Å². The molecule has 2 amide bonds. The van der Waals surface area contributed by atoms with Crippen LogP contribution in [-0.4, -0.2) is 34.7 Å². The molecule has 0 saturated carbocycles. The minimum atomic E-state index is -0.513. The molecular weight excluding hydrogens is 406 g/mol. The van der Waals surface area contributed by atoms with Gasteiger partial charge in [-0.1, -0.05) is 48.7 Å². The van der Waals surface area contributed by atoms with Crippen molar-refractivity contribution in [2.24, 2.45) is 0 Å². The highest BCUT2D eigenvalue weighted by atomic mass is 35.5. The zero-order valence-corrected chi connectivity index (χ0v) is 17.1. The van der Waals surface area contributed by atoms with Crippen LogP contribution in [0.5, 0.6) is 0 Å². The van der Waals surface area contributed by atoms with Gasteiger partial charge in [-0.15, -0.1) is 0 Å². The molecule has 0 aliphatic carbocycles. The second-order valence-corrected chi connectivity index (χ2v) is 7.46. The summed E-state index contributed by atoms with van der Waals surface area (Å²) < 4.78 is 0. The molecule has 1 aliphatic heterocycles. The average molecular weight is 428 g/mol. The third kappa shape index (κ3) is 5.45. The summed E-state index contributed by atoms with van der Waals surface area (Å²) in [6, 6.07) is 12.5. The number of amides is 2. The van der Waals surface area contributed by atoms with Crippen molar-refractivity contribution in [2.75, 3.05) is 13.1 Å². The Bertz CT molecular complexity index is 982. The van der Waals surface area contributed by atoms with E-state index in [1.54, 1.807) is 35.2 Å². The Kier molecular flexibility index (Phi) is 7.19. The van der Waals surface area contributed by atoms with Gasteiger partial charge in [0, 0.05) is 25.2 Å². The van der Waals surface area contributed by atoms with Gasteiger partial charge in [-0.2, -0.15) is 0 Å². The molecule has 1 N–H and O–H groups in total. The molecule has 2 aromatic rings. The van der Waals surface area contributed by atoms with Crippen LogP contribution in [0.3, 0.4) is 0 Å². The Labute approximate surface area is 179 Å². The summed E-state index contributed by atoms with van der Waals surface area (Å²) in [6.45, 7) is 1.21. The van der Waals surface area contributed by atoms with Crippen molar-refractivity contribution in [1.82, 2.24) is 10.2 Å². The predicted octanol–water partition coefficient (Wildman–Crippen LogP) is 4.42. The molecule has 30 heavy (non-hydrogen) atoms. The van der Waals surface area contributed by atoms with Gasteiger partial charge in [-0.3, -0.25) is 19.7 Å². The fourth-order valence-corrected chi connectivity index (χ4v) is 3.55. The maximum atomic E-state index is 13.2. The lowest BCUT2D eigenvalue weighted by molar-refractivity contribution is -0.384. The Morgan fingerprint density at radius 2 is 1.73 bits per heavy atom. The molecule has 7 nitrogen and oxygen atoms in total. The van der Waals surface area contributed by atoms with Gasteiger partial charge in [0.15, 0.2) is 0 Å². The van der Waals surface area contributed by atoms with E-state index in [1.165, 1.54) is 24.3 Å². The van der Waals surface area contributed by atoms with Crippen LogP contribution in [0.25, 0.3) is 6.08 Å². The second kappa shape index (κ2) is 10.0. The molecule has 0 bridgehead atoms. The quantitative estimate of drug-likeness (QED) is 0.434. The molecule has 2 aromatic carbocycles. The SMILES string of the molecule is O=C(N/C(=C\c1cccc([N+](=O)[O-])c1)C(=O)N1CCCCCC1)c1ccccc1Cl. The maximum Gasteiger partial charge on any atom is 0.270 e. The number of nitro groups is 1. The smallest absolute Gasteiger partial charge is 0.270 e. The van der Waals surface area contributed by atoms with Gasteiger partial charge in [-0.25, -0.2) is 0 Å². The molecule has 0 spiro atoms. The lowest BCUT2D eigenvalue weighted by atomic mass is 10.1. The molecule has 0 radical (unpaired) electrons. The third-order valence-corrected chi connectivity index (χ3v) is 5.21. The first-order chi connectivity index (χ1) is 14.5. The zero-order valence-electron chi connectivity index (χ0n) is 16.3. The monoisotopic (exact) mass is 427 g/mol. The first-order valence-electron chi connectivity index (χ1n) is 9.77.